The maximum Gasteiger partial charge on any atom is 0.292 e. The Morgan fingerprint density at radius 2 is 1.44 bits per heavy atom. The molecule has 3 N–H and O–H groups in total. The van der Waals surface area contributed by atoms with E-state index in [2.05, 4.69) is 27.2 Å². The second kappa shape index (κ2) is 18.0. The van der Waals surface area contributed by atoms with Gasteiger partial charge in [0.1, 0.15) is 0 Å². The first-order valence-corrected chi connectivity index (χ1v) is 16.9. The van der Waals surface area contributed by atoms with Gasteiger partial charge in [0.05, 0.1) is 24.9 Å². The molecule has 0 aromatic rings. The minimum Gasteiger partial charge on any atom is -0.369 e. The van der Waals surface area contributed by atoms with E-state index in [-0.39, 0.29) is 23.5 Å². The Hall–Kier alpha value is -1.50. The van der Waals surface area contributed by atoms with Crippen LogP contribution in [-0.2, 0) is 38.2 Å². The number of hydrogen-bond acceptors (Lipinski definition) is 8. The minimum atomic E-state index is -4.07. The number of primary amides is 1. The van der Waals surface area contributed by atoms with Crippen molar-refractivity contribution >= 4 is 32.1 Å². The van der Waals surface area contributed by atoms with E-state index in [0.717, 1.165) is 39.9 Å². The first kappa shape index (κ1) is 37.5. The highest BCUT2D eigenvalue weighted by molar-refractivity contribution is 7.90. The summed E-state index contributed by atoms with van der Waals surface area (Å²) in [5.74, 6) is -2.86. The van der Waals surface area contributed by atoms with Gasteiger partial charge in [0.2, 0.25) is 11.8 Å². The van der Waals surface area contributed by atoms with E-state index in [1.54, 1.807) is 20.8 Å². The molecule has 0 aliphatic carbocycles. The molecule has 2 amide bonds. The number of hydrogen-bond donors (Lipinski definition) is 2. The normalized spacial score (nSPS) is 14.9. The van der Waals surface area contributed by atoms with Gasteiger partial charge in [0.25, 0.3) is 20.2 Å². The van der Waals surface area contributed by atoms with Crippen LogP contribution in [0.3, 0.4) is 0 Å². The van der Waals surface area contributed by atoms with E-state index in [9.17, 15) is 26.4 Å². The predicted octanol–water partition coefficient (Wildman–Crippen LogP) is 4.40. The predicted molar refractivity (Wildman–Crippen MR) is 155 cm³/mol. The van der Waals surface area contributed by atoms with Gasteiger partial charge >= 0.3 is 0 Å². The van der Waals surface area contributed by atoms with Gasteiger partial charge in [-0.05, 0) is 25.7 Å². The van der Waals surface area contributed by atoms with E-state index >= 15 is 0 Å². The van der Waals surface area contributed by atoms with Crippen LogP contribution in [0.2, 0.25) is 0 Å². The quantitative estimate of drug-likeness (QED) is 0.130. The summed E-state index contributed by atoms with van der Waals surface area (Å²) in [6, 6.07) is -0.701. The molecule has 0 saturated heterocycles. The van der Waals surface area contributed by atoms with Gasteiger partial charge in [-0.2, -0.15) is 16.8 Å². The molecule has 0 fully saturated rings. The Balaban J connectivity index is 5.73. The zero-order chi connectivity index (χ0) is 30.3. The minimum absolute atomic E-state index is 0.0333. The lowest BCUT2D eigenvalue weighted by Gasteiger charge is -2.32. The lowest BCUT2D eigenvalue weighted by Crippen LogP contribution is -2.45. The summed E-state index contributed by atoms with van der Waals surface area (Å²) in [5.41, 5.74) is 4.46. The van der Waals surface area contributed by atoms with Gasteiger partial charge in [-0.3, -0.25) is 18.0 Å². The molecule has 3 unspecified atom stereocenters. The fourth-order valence-corrected chi connectivity index (χ4v) is 6.47. The third-order valence-electron chi connectivity index (χ3n) is 7.28. The maximum atomic E-state index is 13.5. The van der Waals surface area contributed by atoms with Crippen molar-refractivity contribution in [2.24, 2.45) is 23.0 Å². The topological polar surface area (TPSA) is 159 Å². The summed E-state index contributed by atoms with van der Waals surface area (Å²) >= 11 is 0. The number of nitrogens with one attached hydrogen (secondary N) is 1. The van der Waals surface area contributed by atoms with Gasteiger partial charge < -0.3 is 11.1 Å². The Labute approximate surface area is 237 Å². The molecule has 0 heterocycles. The van der Waals surface area contributed by atoms with Crippen LogP contribution in [-0.4, -0.2) is 54.7 Å². The van der Waals surface area contributed by atoms with Crippen LogP contribution in [0.1, 0.15) is 105 Å². The van der Waals surface area contributed by atoms with Gasteiger partial charge in [0.15, 0.2) is 0 Å². The van der Waals surface area contributed by atoms with Crippen LogP contribution in [0.15, 0.2) is 11.5 Å². The second-order valence-corrected chi connectivity index (χ2v) is 14.4. The number of allylic oxidation sites excluding steroid dienone is 1. The monoisotopic (exact) mass is 596 g/mol. The van der Waals surface area contributed by atoms with Crippen molar-refractivity contribution in [3.05, 3.63) is 11.5 Å². The van der Waals surface area contributed by atoms with Crippen molar-refractivity contribution in [3.8, 4) is 0 Å². The molecule has 0 bridgehead atoms. The van der Waals surface area contributed by atoms with Gasteiger partial charge in [-0.1, -0.05) is 85.6 Å². The van der Waals surface area contributed by atoms with Crippen LogP contribution in [0.4, 0.5) is 0 Å². The molecule has 3 atom stereocenters. The first-order chi connectivity index (χ1) is 18.1. The van der Waals surface area contributed by atoms with Gasteiger partial charge in [-0.25, -0.2) is 0 Å². The molecule has 0 aliphatic rings. The molecule has 0 saturated carbocycles. The SMILES string of the molecule is C=C(C(C)(C)CC(CC(CC)C(N)=O)C(=O)NC(CCCCCCCCCC)CS(=O)(=O)OC)S(=O)(=O)OC. The summed E-state index contributed by atoms with van der Waals surface area (Å²) in [4.78, 5) is 25.3. The fourth-order valence-electron chi connectivity index (χ4n) is 4.63. The summed E-state index contributed by atoms with van der Waals surface area (Å²) in [6.07, 6.45) is 9.54. The van der Waals surface area contributed by atoms with E-state index in [1.165, 1.54) is 25.7 Å². The molecule has 0 rings (SSSR count). The van der Waals surface area contributed by atoms with E-state index < -0.39 is 55.3 Å². The molecule has 0 aliphatic heterocycles. The highest BCUT2D eigenvalue weighted by Gasteiger charge is 2.38. The lowest BCUT2D eigenvalue weighted by atomic mass is 9.78. The van der Waals surface area contributed by atoms with Crippen LogP contribution in [0, 0.1) is 17.3 Å². The third-order valence-corrected chi connectivity index (χ3v) is 10.2. The average molecular weight is 597 g/mol. The number of rotatable bonds is 23. The first-order valence-electron chi connectivity index (χ1n) is 13.9. The molecular formula is C27H52N2O8S2. The van der Waals surface area contributed by atoms with Crippen LogP contribution in [0.25, 0.3) is 0 Å². The molecule has 0 aromatic carbocycles. The van der Waals surface area contributed by atoms with E-state index in [4.69, 9.17) is 5.73 Å². The molecular weight excluding hydrogens is 544 g/mol. The summed E-state index contributed by atoms with van der Waals surface area (Å²) in [5, 5.41) is 2.85. The zero-order valence-corrected chi connectivity index (χ0v) is 26.4. The number of carbonyl (C=O) groups excluding carboxylic acids is 2. The summed E-state index contributed by atoms with van der Waals surface area (Å²) in [6.45, 7) is 10.9. The largest absolute Gasteiger partial charge is 0.369 e. The smallest absolute Gasteiger partial charge is 0.292 e. The molecule has 12 heteroatoms. The Bertz CT molecular complexity index is 978. The number of nitrogens with two attached hydrogens (primary N) is 1. The van der Waals surface area contributed by atoms with E-state index in [1.807, 2.05) is 0 Å². The van der Waals surface area contributed by atoms with Crippen molar-refractivity contribution in [2.75, 3.05) is 20.0 Å². The number of carbonyl (C=O) groups is 2. The van der Waals surface area contributed by atoms with E-state index in [0.29, 0.717) is 12.8 Å². The maximum absolute atomic E-state index is 13.5. The standard InChI is InChI=1S/C27H52N2O8S2/c1-8-10-11-12-13-14-15-16-17-24(20-38(32,33)36-6)29-26(31)23(18-22(9-2)25(28)30)19-27(4,5)21(3)39(34,35)37-7/h22-24H,3,8-20H2,1-2,4-7H3,(H2,28,30)(H,29,31). The second-order valence-electron chi connectivity index (χ2n) is 10.9. The van der Waals surface area contributed by atoms with Crippen molar-refractivity contribution in [3.63, 3.8) is 0 Å². The highest BCUT2D eigenvalue weighted by Crippen LogP contribution is 2.38. The Morgan fingerprint density at radius 3 is 1.90 bits per heavy atom. The lowest BCUT2D eigenvalue weighted by molar-refractivity contribution is -0.128. The highest BCUT2D eigenvalue weighted by atomic mass is 32.2. The third kappa shape index (κ3) is 14.6. The molecule has 39 heavy (non-hydrogen) atoms. The number of unbranched alkanes of at least 4 members (excludes halogenated alkanes) is 7. The van der Waals surface area contributed by atoms with Crippen molar-refractivity contribution < 1.29 is 34.8 Å². The van der Waals surface area contributed by atoms with Crippen molar-refractivity contribution in [2.45, 2.75) is 111 Å². The van der Waals surface area contributed by atoms with Gasteiger partial charge in [0, 0.05) is 23.3 Å². The average Bonchev–Trinajstić information content (AvgIpc) is 2.86. The molecule has 230 valence electrons. The van der Waals surface area contributed by atoms with Crippen molar-refractivity contribution in [1.82, 2.24) is 5.32 Å². The summed E-state index contributed by atoms with van der Waals surface area (Å²) in [7, 11) is -5.81. The van der Waals surface area contributed by atoms with Crippen molar-refractivity contribution in [1.29, 1.82) is 0 Å². The summed E-state index contributed by atoms with van der Waals surface area (Å²) < 4.78 is 58.4. The Kier molecular flexibility index (Phi) is 17.3. The van der Waals surface area contributed by atoms with Gasteiger partial charge in [-0.15, -0.1) is 0 Å². The zero-order valence-electron chi connectivity index (χ0n) is 24.8. The fraction of sp³-hybridized carbons (Fsp3) is 0.852. The van der Waals surface area contributed by atoms with Crippen LogP contribution >= 0.6 is 0 Å². The van der Waals surface area contributed by atoms with Crippen LogP contribution in [0.5, 0.6) is 0 Å². The van der Waals surface area contributed by atoms with Crippen LogP contribution < -0.4 is 11.1 Å². The number of amides is 2. The molecule has 0 radical (unpaired) electrons. The molecule has 0 spiro atoms. The molecule has 0 aromatic heterocycles. The Morgan fingerprint density at radius 1 is 0.897 bits per heavy atom. The molecule has 10 nitrogen and oxygen atoms in total.